The molecule has 4 unspecified atom stereocenters. The molecular weight excluding hydrogens is 416 g/mol. The van der Waals surface area contributed by atoms with Gasteiger partial charge in [0, 0.05) is 25.3 Å². The number of nitrogens with zero attached hydrogens (tertiary/aromatic N) is 3. The highest BCUT2D eigenvalue weighted by molar-refractivity contribution is 7.21. The number of nitrogen functional groups attached to an aromatic ring is 1. The first kappa shape index (κ1) is 20.0. The van der Waals surface area contributed by atoms with Gasteiger partial charge < -0.3 is 31.7 Å². The van der Waals surface area contributed by atoms with E-state index < -0.39 is 24.2 Å². The van der Waals surface area contributed by atoms with E-state index in [1.807, 2.05) is 25.2 Å². The van der Waals surface area contributed by atoms with E-state index in [1.54, 1.807) is 0 Å². The van der Waals surface area contributed by atoms with Crippen molar-refractivity contribution in [3.63, 3.8) is 0 Å². The lowest BCUT2D eigenvalue weighted by Gasteiger charge is -2.20. The zero-order valence-electron chi connectivity index (χ0n) is 15.5. The molecule has 11 heteroatoms. The quantitative estimate of drug-likeness (QED) is 0.327. The first-order valence-corrected chi connectivity index (χ1v) is 10.3. The van der Waals surface area contributed by atoms with Crippen molar-refractivity contribution in [3.05, 3.63) is 23.4 Å². The van der Waals surface area contributed by atoms with Gasteiger partial charge in [-0.25, -0.2) is 9.97 Å². The van der Waals surface area contributed by atoms with Crippen LogP contribution in [0.1, 0.15) is 6.42 Å². The van der Waals surface area contributed by atoms with E-state index in [4.69, 9.17) is 17.3 Å². The molecule has 0 bridgehead atoms. The third-order valence-corrected chi connectivity index (χ3v) is 6.46. The molecule has 1 aliphatic rings. The lowest BCUT2D eigenvalue weighted by molar-refractivity contribution is 0.00446. The maximum absolute atomic E-state index is 10.3. The summed E-state index contributed by atoms with van der Waals surface area (Å²) in [6, 6.07) is 5.31. The number of aliphatic hydroxyl groups excluding tert-OH is 3. The van der Waals surface area contributed by atoms with Gasteiger partial charge in [-0.2, -0.15) is 4.98 Å². The average molecular weight is 437 g/mol. The van der Waals surface area contributed by atoms with Gasteiger partial charge in [-0.3, -0.25) is 0 Å². The fourth-order valence-corrected chi connectivity index (χ4v) is 4.87. The summed E-state index contributed by atoms with van der Waals surface area (Å²) in [6.07, 6.45) is -1.73. The molecule has 2 heterocycles. The summed E-state index contributed by atoms with van der Waals surface area (Å²) in [5.41, 5.74) is 7.99. The molecule has 0 aliphatic heterocycles. The number of rotatable bonds is 5. The van der Waals surface area contributed by atoms with Crippen LogP contribution in [-0.2, 0) is 0 Å². The molecule has 154 valence electrons. The highest BCUT2D eigenvalue weighted by Gasteiger charge is 2.41. The van der Waals surface area contributed by atoms with Crippen LogP contribution >= 0.6 is 22.9 Å². The number of aliphatic hydroxyl groups is 3. The molecule has 9 nitrogen and oxygen atoms in total. The Morgan fingerprint density at radius 2 is 2.03 bits per heavy atom. The number of thiazole rings is 1. The van der Waals surface area contributed by atoms with Crippen LogP contribution < -0.4 is 16.4 Å². The first-order chi connectivity index (χ1) is 13.9. The van der Waals surface area contributed by atoms with Crippen molar-refractivity contribution in [2.45, 2.75) is 24.7 Å². The number of benzene rings is 1. The fourth-order valence-electron chi connectivity index (χ4n) is 3.56. The Hall–Kier alpha value is -2.24. The van der Waals surface area contributed by atoms with E-state index in [9.17, 15) is 15.3 Å². The smallest absolute Gasteiger partial charge is 0.223 e. The molecule has 7 N–H and O–H groups in total. The molecule has 4 rings (SSSR count). The molecule has 0 spiro atoms. The number of nitrogens with two attached hydrogens (primary N) is 1. The second-order valence-electron chi connectivity index (χ2n) is 6.96. The highest BCUT2D eigenvalue weighted by atomic mass is 35.5. The summed E-state index contributed by atoms with van der Waals surface area (Å²) in [4.78, 5) is 13.0. The Balaban J connectivity index is 1.75. The maximum Gasteiger partial charge on any atom is 0.223 e. The summed E-state index contributed by atoms with van der Waals surface area (Å²) < 4.78 is 0.967. The summed E-state index contributed by atoms with van der Waals surface area (Å²) in [7, 11) is 1.84. The van der Waals surface area contributed by atoms with Gasteiger partial charge >= 0.3 is 0 Å². The van der Waals surface area contributed by atoms with Crippen molar-refractivity contribution in [1.29, 1.82) is 0 Å². The minimum Gasteiger partial charge on any atom is -0.396 e. The molecule has 1 fully saturated rings. The van der Waals surface area contributed by atoms with Crippen LogP contribution in [-0.4, -0.2) is 62.2 Å². The van der Waals surface area contributed by atoms with E-state index >= 15 is 0 Å². The third-order valence-electron chi connectivity index (χ3n) is 5.13. The van der Waals surface area contributed by atoms with Crippen LogP contribution in [0.4, 0.5) is 17.5 Å². The Morgan fingerprint density at radius 3 is 2.72 bits per heavy atom. The molecule has 3 aromatic rings. The molecule has 0 amide bonds. The molecule has 4 atom stereocenters. The van der Waals surface area contributed by atoms with Gasteiger partial charge in [0.05, 0.1) is 27.9 Å². The van der Waals surface area contributed by atoms with E-state index in [-0.39, 0.29) is 17.7 Å². The normalized spacial score (nSPS) is 24.2. The van der Waals surface area contributed by atoms with Gasteiger partial charge in [-0.05, 0) is 24.6 Å². The standard InChI is InChI=1S/C18H21ClN6O3S/c1-21-8-2-3-11-9(5-8)23-17(29-11)12-15(19)24-18(20)25-16(12)22-10-4-7(6-26)13(27)14(10)28/h2-3,5,7,10,13-14,21,26-28H,4,6H2,1H3,(H3,20,22,24,25). The largest absolute Gasteiger partial charge is 0.396 e. The number of nitrogens with one attached hydrogen (secondary N) is 2. The predicted octanol–water partition coefficient (Wildman–Crippen LogP) is 1.55. The first-order valence-electron chi connectivity index (χ1n) is 9.06. The molecule has 2 aromatic heterocycles. The molecule has 1 aliphatic carbocycles. The lowest BCUT2D eigenvalue weighted by Crippen LogP contribution is -2.35. The zero-order valence-corrected chi connectivity index (χ0v) is 17.1. The van der Waals surface area contributed by atoms with E-state index in [0.29, 0.717) is 22.8 Å². The van der Waals surface area contributed by atoms with Gasteiger partial charge in [0.15, 0.2) is 0 Å². The van der Waals surface area contributed by atoms with Crippen LogP contribution in [0.5, 0.6) is 0 Å². The topological polar surface area (TPSA) is 149 Å². The maximum atomic E-state index is 10.3. The number of hydrogen-bond acceptors (Lipinski definition) is 10. The Kier molecular flexibility index (Phi) is 5.45. The molecule has 1 saturated carbocycles. The average Bonchev–Trinajstić information content (AvgIpc) is 3.22. The van der Waals surface area contributed by atoms with Crippen molar-refractivity contribution in [1.82, 2.24) is 15.0 Å². The van der Waals surface area contributed by atoms with E-state index in [2.05, 4.69) is 25.6 Å². The second-order valence-corrected chi connectivity index (χ2v) is 8.35. The molecule has 0 radical (unpaired) electrons. The monoisotopic (exact) mass is 436 g/mol. The Bertz CT molecular complexity index is 1050. The van der Waals surface area contributed by atoms with Crippen molar-refractivity contribution in [3.8, 4) is 10.6 Å². The predicted molar refractivity (Wildman–Crippen MR) is 114 cm³/mol. The van der Waals surface area contributed by atoms with Gasteiger partial charge in [-0.1, -0.05) is 11.6 Å². The van der Waals surface area contributed by atoms with Gasteiger partial charge in [0.2, 0.25) is 5.95 Å². The minimum atomic E-state index is -1.07. The summed E-state index contributed by atoms with van der Waals surface area (Å²) >= 11 is 7.83. The number of halogens is 1. The second kappa shape index (κ2) is 7.88. The minimum absolute atomic E-state index is 0.0217. The van der Waals surface area contributed by atoms with Crippen LogP contribution in [0, 0.1) is 5.92 Å². The molecular formula is C18H21ClN6O3S. The zero-order chi connectivity index (χ0) is 20.7. The summed E-state index contributed by atoms with van der Waals surface area (Å²) in [6.45, 7) is -0.221. The number of hydrogen-bond donors (Lipinski definition) is 6. The van der Waals surface area contributed by atoms with Crippen LogP contribution in [0.2, 0.25) is 5.15 Å². The van der Waals surface area contributed by atoms with Crippen molar-refractivity contribution >= 4 is 50.6 Å². The molecule has 0 saturated heterocycles. The van der Waals surface area contributed by atoms with Crippen molar-refractivity contribution < 1.29 is 15.3 Å². The Labute approximate surface area is 175 Å². The van der Waals surface area contributed by atoms with Gasteiger partial charge in [0.1, 0.15) is 22.1 Å². The number of aromatic nitrogens is 3. The highest BCUT2D eigenvalue weighted by Crippen LogP contribution is 2.40. The van der Waals surface area contributed by atoms with Gasteiger partial charge in [-0.15, -0.1) is 11.3 Å². The number of anilines is 3. The Morgan fingerprint density at radius 1 is 1.24 bits per heavy atom. The van der Waals surface area contributed by atoms with Crippen LogP contribution in [0.3, 0.4) is 0 Å². The SMILES string of the molecule is CNc1ccc2sc(-c3c(Cl)nc(N)nc3NC3CC(CO)C(O)C3O)nc2c1. The van der Waals surface area contributed by atoms with Gasteiger partial charge in [0.25, 0.3) is 0 Å². The summed E-state index contributed by atoms with van der Waals surface area (Å²) in [5.74, 6) is -0.125. The molecule has 1 aromatic carbocycles. The fraction of sp³-hybridized carbons (Fsp3) is 0.389. The van der Waals surface area contributed by atoms with Crippen LogP contribution in [0.25, 0.3) is 20.8 Å². The lowest BCUT2D eigenvalue weighted by atomic mass is 10.1. The van der Waals surface area contributed by atoms with E-state index in [1.165, 1.54) is 11.3 Å². The summed E-state index contributed by atoms with van der Waals surface area (Å²) in [5, 5.41) is 36.8. The molecule has 29 heavy (non-hydrogen) atoms. The third kappa shape index (κ3) is 3.69. The van der Waals surface area contributed by atoms with Crippen LogP contribution in [0.15, 0.2) is 18.2 Å². The van der Waals surface area contributed by atoms with E-state index in [0.717, 1.165) is 15.9 Å². The number of fused-ring (bicyclic) bond motifs is 1. The van der Waals surface area contributed by atoms with Crippen molar-refractivity contribution in [2.75, 3.05) is 30.0 Å². The van der Waals surface area contributed by atoms with Crippen molar-refractivity contribution in [2.24, 2.45) is 5.92 Å².